The molecule has 1 aromatic heterocycles. The summed E-state index contributed by atoms with van der Waals surface area (Å²) in [7, 11) is 0. The van der Waals surface area contributed by atoms with Gasteiger partial charge in [0, 0.05) is 12.5 Å². The Morgan fingerprint density at radius 1 is 1.38 bits per heavy atom. The van der Waals surface area contributed by atoms with E-state index < -0.39 is 12.1 Å². The normalized spacial score (nSPS) is 15.3. The first-order chi connectivity index (χ1) is 9.95. The number of esters is 1. The number of thiophene rings is 1. The Hall–Kier alpha value is -1.40. The minimum atomic E-state index is -0.829. The number of ketones is 1. The van der Waals surface area contributed by atoms with E-state index in [1.807, 2.05) is 0 Å². The maximum absolute atomic E-state index is 11.8. The lowest BCUT2D eigenvalue weighted by molar-refractivity contribution is -0.154. The van der Waals surface area contributed by atoms with E-state index in [9.17, 15) is 14.4 Å². The van der Waals surface area contributed by atoms with Gasteiger partial charge in [-0.1, -0.05) is 11.6 Å². The minimum Gasteiger partial charge on any atom is -0.453 e. The maximum atomic E-state index is 11.8. The molecule has 0 saturated heterocycles. The second-order valence-electron chi connectivity index (χ2n) is 4.94. The van der Waals surface area contributed by atoms with E-state index in [1.54, 1.807) is 12.1 Å². The highest BCUT2D eigenvalue weighted by Crippen LogP contribution is 2.23. The Kier molecular flexibility index (Phi) is 5.36. The summed E-state index contributed by atoms with van der Waals surface area (Å²) in [6.07, 6.45) is 1.13. The summed E-state index contributed by atoms with van der Waals surface area (Å²) in [5.41, 5.74) is 0. The third kappa shape index (κ3) is 5.13. The number of hydrogen-bond donors (Lipinski definition) is 1. The molecule has 1 aliphatic carbocycles. The molecule has 0 spiro atoms. The van der Waals surface area contributed by atoms with Crippen molar-refractivity contribution in [1.82, 2.24) is 5.32 Å². The van der Waals surface area contributed by atoms with Gasteiger partial charge in [0.15, 0.2) is 11.9 Å². The smallest absolute Gasteiger partial charge is 0.307 e. The first-order valence-corrected chi connectivity index (χ1v) is 7.93. The molecule has 0 radical (unpaired) electrons. The van der Waals surface area contributed by atoms with Crippen molar-refractivity contribution < 1.29 is 19.1 Å². The third-order valence-corrected chi connectivity index (χ3v) is 4.28. The maximum Gasteiger partial charge on any atom is 0.307 e. The van der Waals surface area contributed by atoms with E-state index in [2.05, 4.69) is 5.32 Å². The van der Waals surface area contributed by atoms with Gasteiger partial charge in [0.25, 0.3) is 5.91 Å². The van der Waals surface area contributed by atoms with Crippen LogP contribution in [0.1, 0.15) is 42.3 Å². The number of halogens is 1. The van der Waals surface area contributed by atoms with Crippen molar-refractivity contribution in [2.24, 2.45) is 0 Å². The van der Waals surface area contributed by atoms with Crippen LogP contribution < -0.4 is 5.32 Å². The highest BCUT2D eigenvalue weighted by molar-refractivity contribution is 7.18. The van der Waals surface area contributed by atoms with Gasteiger partial charge in [0.1, 0.15) is 0 Å². The van der Waals surface area contributed by atoms with Gasteiger partial charge in [-0.15, -0.1) is 11.3 Å². The van der Waals surface area contributed by atoms with Gasteiger partial charge < -0.3 is 10.1 Å². The quantitative estimate of drug-likeness (QED) is 0.616. The SMILES string of the molecule is C[C@H](OC(=O)CCC(=O)c1ccc(Cl)s1)C(=O)NC1CC1. The minimum absolute atomic E-state index is 0.0462. The number of carbonyl (C=O) groups excluding carboxylic acids is 3. The zero-order valence-corrected chi connectivity index (χ0v) is 13.1. The summed E-state index contributed by atoms with van der Waals surface area (Å²) in [4.78, 5) is 35.6. The number of amides is 1. The predicted octanol–water partition coefficient (Wildman–Crippen LogP) is 2.57. The van der Waals surface area contributed by atoms with Crippen LogP contribution in [0.3, 0.4) is 0 Å². The average molecular weight is 330 g/mol. The molecule has 0 aliphatic heterocycles. The van der Waals surface area contributed by atoms with Crippen molar-refractivity contribution in [1.29, 1.82) is 0 Å². The first kappa shape index (κ1) is 16.0. The van der Waals surface area contributed by atoms with Gasteiger partial charge in [-0.3, -0.25) is 14.4 Å². The van der Waals surface area contributed by atoms with Crippen molar-refractivity contribution in [2.75, 3.05) is 0 Å². The van der Waals surface area contributed by atoms with Crippen LogP contribution in [0.4, 0.5) is 0 Å². The molecule has 0 aromatic carbocycles. The fourth-order valence-corrected chi connectivity index (χ4v) is 2.67. The summed E-state index contributed by atoms with van der Waals surface area (Å²) < 4.78 is 5.54. The fraction of sp³-hybridized carbons (Fsp3) is 0.500. The van der Waals surface area contributed by atoms with Crippen LogP contribution in [0.15, 0.2) is 12.1 Å². The largest absolute Gasteiger partial charge is 0.453 e. The predicted molar refractivity (Wildman–Crippen MR) is 79.6 cm³/mol. The van der Waals surface area contributed by atoms with Crippen molar-refractivity contribution in [3.63, 3.8) is 0 Å². The first-order valence-electron chi connectivity index (χ1n) is 6.74. The van der Waals surface area contributed by atoms with Crippen molar-refractivity contribution in [2.45, 2.75) is 44.8 Å². The summed E-state index contributed by atoms with van der Waals surface area (Å²) in [6, 6.07) is 3.50. The van der Waals surface area contributed by atoms with Crippen LogP contribution in [0.25, 0.3) is 0 Å². The molecule has 1 aromatic rings. The molecular weight excluding hydrogens is 314 g/mol. The number of nitrogens with one attached hydrogen (secondary N) is 1. The Morgan fingerprint density at radius 3 is 2.67 bits per heavy atom. The summed E-state index contributed by atoms with van der Waals surface area (Å²) in [6.45, 7) is 1.52. The number of rotatable bonds is 7. The Balaban J connectivity index is 1.71. The van der Waals surface area contributed by atoms with Gasteiger partial charge in [0.05, 0.1) is 15.6 Å². The molecule has 7 heteroatoms. The second kappa shape index (κ2) is 7.04. The molecular formula is C14H16ClNO4S. The molecule has 5 nitrogen and oxygen atoms in total. The fourth-order valence-electron chi connectivity index (χ4n) is 1.66. The van der Waals surface area contributed by atoms with E-state index in [-0.39, 0.29) is 30.6 Å². The second-order valence-corrected chi connectivity index (χ2v) is 6.66. The summed E-state index contributed by atoms with van der Waals surface area (Å²) in [5, 5.41) is 2.76. The van der Waals surface area contributed by atoms with Crippen LogP contribution in [0.5, 0.6) is 0 Å². The van der Waals surface area contributed by atoms with E-state index >= 15 is 0 Å². The Morgan fingerprint density at radius 2 is 2.10 bits per heavy atom. The number of ether oxygens (including phenoxy) is 1. The van der Waals surface area contributed by atoms with Crippen molar-refractivity contribution in [3.8, 4) is 0 Å². The van der Waals surface area contributed by atoms with E-state index in [0.29, 0.717) is 9.21 Å². The molecule has 0 bridgehead atoms. The van der Waals surface area contributed by atoms with Crippen LogP contribution in [-0.2, 0) is 14.3 Å². The number of hydrogen-bond acceptors (Lipinski definition) is 5. The van der Waals surface area contributed by atoms with Crippen LogP contribution in [0.2, 0.25) is 4.34 Å². The standard InChI is InChI=1S/C14H16ClNO4S/c1-8(14(19)16-9-2-3-9)20-13(18)7-4-10(17)11-5-6-12(15)21-11/h5-6,8-9H,2-4,7H2,1H3,(H,16,19)/t8-/m0/s1. The lowest BCUT2D eigenvalue weighted by Crippen LogP contribution is -2.37. The van der Waals surface area contributed by atoms with Crippen molar-refractivity contribution >= 4 is 40.6 Å². The van der Waals surface area contributed by atoms with Gasteiger partial charge in [-0.2, -0.15) is 0 Å². The monoisotopic (exact) mass is 329 g/mol. The topological polar surface area (TPSA) is 72.5 Å². The summed E-state index contributed by atoms with van der Waals surface area (Å²) in [5.74, 6) is -0.995. The van der Waals surface area contributed by atoms with Gasteiger partial charge in [-0.25, -0.2) is 0 Å². The average Bonchev–Trinajstić information content (AvgIpc) is 3.14. The molecule has 1 N–H and O–H groups in total. The molecule has 0 unspecified atom stereocenters. The molecule has 114 valence electrons. The van der Waals surface area contributed by atoms with Crippen LogP contribution in [-0.4, -0.2) is 29.8 Å². The molecule has 21 heavy (non-hydrogen) atoms. The summed E-state index contributed by atoms with van der Waals surface area (Å²) >= 11 is 6.93. The zero-order chi connectivity index (χ0) is 15.4. The molecule has 1 fully saturated rings. The van der Waals surface area contributed by atoms with E-state index in [0.717, 1.165) is 12.8 Å². The highest BCUT2D eigenvalue weighted by atomic mass is 35.5. The molecule has 2 rings (SSSR count). The zero-order valence-electron chi connectivity index (χ0n) is 11.6. The molecule has 1 heterocycles. The van der Waals surface area contributed by atoms with Crippen LogP contribution >= 0.6 is 22.9 Å². The van der Waals surface area contributed by atoms with Gasteiger partial charge in [-0.05, 0) is 31.9 Å². The molecule has 1 amide bonds. The van der Waals surface area contributed by atoms with Gasteiger partial charge in [0.2, 0.25) is 0 Å². The molecule has 1 aliphatic rings. The van der Waals surface area contributed by atoms with Crippen LogP contribution in [0, 0.1) is 0 Å². The van der Waals surface area contributed by atoms with Gasteiger partial charge >= 0.3 is 5.97 Å². The lowest BCUT2D eigenvalue weighted by Gasteiger charge is -2.12. The Bertz CT molecular complexity index is 553. The third-order valence-electron chi connectivity index (χ3n) is 3.01. The number of Topliss-reactive ketones (excluding diaryl/α,β-unsaturated/α-hetero) is 1. The Labute approximate surface area is 131 Å². The van der Waals surface area contributed by atoms with Crippen molar-refractivity contribution in [3.05, 3.63) is 21.3 Å². The van der Waals surface area contributed by atoms with E-state index in [1.165, 1.54) is 18.3 Å². The number of carbonyl (C=O) groups is 3. The van der Waals surface area contributed by atoms with E-state index in [4.69, 9.17) is 16.3 Å². The highest BCUT2D eigenvalue weighted by Gasteiger charge is 2.27. The molecule has 1 saturated carbocycles. The lowest BCUT2D eigenvalue weighted by atomic mass is 10.2. The molecule has 1 atom stereocenters.